The van der Waals surface area contributed by atoms with E-state index in [2.05, 4.69) is 0 Å². The van der Waals surface area contributed by atoms with Crippen molar-refractivity contribution >= 4 is 22.6 Å². The summed E-state index contributed by atoms with van der Waals surface area (Å²) in [7, 11) is 1.35. The zero-order valence-corrected chi connectivity index (χ0v) is 16.3. The molecule has 1 aromatic carbocycles. The van der Waals surface area contributed by atoms with E-state index in [1.807, 2.05) is 12.2 Å². The van der Waals surface area contributed by atoms with Gasteiger partial charge in [-0.3, -0.25) is 4.79 Å². The Hall–Kier alpha value is -2.94. The third kappa shape index (κ3) is 2.57. The average Bonchev–Trinajstić information content (AvgIpc) is 3.16. The zero-order chi connectivity index (χ0) is 21.4. The number of hydrogen-bond donors (Lipinski definition) is 2. The van der Waals surface area contributed by atoms with Crippen LogP contribution in [0.25, 0.3) is 10.9 Å². The van der Waals surface area contributed by atoms with Crippen LogP contribution in [0.3, 0.4) is 0 Å². The van der Waals surface area contributed by atoms with Crippen molar-refractivity contribution in [2.24, 2.45) is 11.7 Å². The molecule has 1 saturated heterocycles. The molecule has 0 radical (unpaired) electrons. The largest absolute Gasteiger partial charge is 0.492 e. The molecule has 0 unspecified atom stereocenters. The third-order valence-corrected chi connectivity index (χ3v) is 6.50. The molecule has 3 aliphatic rings. The quantitative estimate of drug-likeness (QED) is 0.741. The van der Waals surface area contributed by atoms with Crippen molar-refractivity contribution in [3.05, 3.63) is 46.0 Å². The molecule has 2 aromatic rings. The second-order valence-electron chi connectivity index (χ2n) is 8.37. The number of carboxylic acids is 1. The molecular weight excluding hydrogens is 396 g/mol. The SMILES string of the molecule is COc1c(N2C[C@H]3CC=C[C@@]3(N)C2)c(F)cc2c(=O)c(C(=O)O)cn([C@@H]3C[C@@H]3F)c12. The summed E-state index contributed by atoms with van der Waals surface area (Å²) in [5, 5.41) is 9.26. The number of halogens is 2. The number of carbonyl (C=O) groups is 1. The first-order chi connectivity index (χ1) is 14.2. The van der Waals surface area contributed by atoms with E-state index in [0.29, 0.717) is 13.1 Å². The fourth-order valence-corrected chi connectivity index (χ4v) is 4.85. The Bertz CT molecular complexity index is 1180. The van der Waals surface area contributed by atoms with Crippen LogP contribution >= 0.6 is 0 Å². The van der Waals surface area contributed by atoms with E-state index in [9.17, 15) is 19.1 Å². The summed E-state index contributed by atoms with van der Waals surface area (Å²) in [5.41, 5.74) is 4.90. The van der Waals surface area contributed by atoms with Gasteiger partial charge in [-0.25, -0.2) is 13.6 Å². The minimum absolute atomic E-state index is 0.0886. The predicted molar refractivity (Wildman–Crippen MR) is 107 cm³/mol. The molecule has 1 aliphatic heterocycles. The number of nitrogens with two attached hydrogens (primary N) is 1. The Morgan fingerprint density at radius 1 is 1.43 bits per heavy atom. The van der Waals surface area contributed by atoms with E-state index in [4.69, 9.17) is 10.5 Å². The molecular formula is C21H21F2N3O4. The van der Waals surface area contributed by atoms with E-state index in [-0.39, 0.29) is 34.7 Å². The highest BCUT2D eigenvalue weighted by atomic mass is 19.1. The van der Waals surface area contributed by atoms with E-state index in [1.54, 1.807) is 4.90 Å². The van der Waals surface area contributed by atoms with Crippen molar-refractivity contribution < 1.29 is 23.4 Å². The number of ether oxygens (including phenoxy) is 1. The fraction of sp³-hybridized carbons (Fsp3) is 0.429. The molecule has 2 aliphatic carbocycles. The predicted octanol–water partition coefficient (Wildman–Crippen LogP) is 2.22. The molecule has 5 rings (SSSR count). The van der Waals surface area contributed by atoms with Gasteiger partial charge < -0.3 is 25.0 Å². The number of allylic oxidation sites excluding steroid dienone is 1. The molecule has 0 amide bonds. The maximum absolute atomic E-state index is 15.3. The Morgan fingerprint density at radius 3 is 2.77 bits per heavy atom. The van der Waals surface area contributed by atoms with Gasteiger partial charge in [0.05, 0.1) is 29.6 Å². The number of nitrogens with zero attached hydrogens (tertiary/aromatic N) is 2. The average molecular weight is 417 g/mol. The van der Waals surface area contributed by atoms with Gasteiger partial charge in [0.15, 0.2) is 11.6 Å². The van der Waals surface area contributed by atoms with Gasteiger partial charge >= 0.3 is 5.97 Å². The van der Waals surface area contributed by atoms with E-state index in [0.717, 1.165) is 18.7 Å². The maximum Gasteiger partial charge on any atom is 0.341 e. The fourth-order valence-electron chi connectivity index (χ4n) is 4.85. The highest BCUT2D eigenvalue weighted by molar-refractivity contribution is 5.97. The van der Waals surface area contributed by atoms with Crippen LogP contribution in [0.1, 0.15) is 29.2 Å². The zero-order valence-electron chi connectivity index (χ0n) is 16.3. The van der Waals surface area contributed by atoms with Crippen LogP contribution in [0.2, 0.25) is 0 Å². The van der Waals surface area contributed by atoms with Crippen LogP contribution in [0.4, 0.5) is 14.5 Å². The van der Waals surface area contributed by atoms with Gasteiger partial charge in [-0.15, -0.1) is 0 Å². The highest BCUT2D eigenvalue weighted by Gasteiger charge is 2.46. The van der Waals surface area contributed by atoms with Crippen LogP contribution in [-0.2, 0) is 0 Å². The molecule has 1 aromatic heterocycles. The molecule has 7 nitrogen and oxygen atoms in total. The van der Waals surface area contributed by atoms with Crippen molar-refractivity contribution in [1.29, 1.82) is 0 Å². The van der Waals surface area contributed by atoms with Crippen molar-refractivity contribution in [3.8, 4) is 5.75 Å². The van der Waals surface area contributed by atoms with Crippen LogP contribution in [-0.4, -0.2) is 47.6 Å². The van der Waals surface area contributed by atoms with Crippen molar-refractivity contribution in [1.82, 2.24) is 4.57 Å². The third-order valence-electron chi connectivity index (χ3n) is 6.50. The molecule has 0 spiro atoms. The summed E-state index contributed by atoms with van der Waals surface area (Å²) in [6.45, 7) is 0.883. The van der Waals surface area contributed by atoms with E-state index < -0.39 is 40.5 Å². The summed E-state index contributed by atoms with van der Waals surface area (Å²) < 4.78 is 36.2. The van der Waals surface area contributed by atoms with Crippen LogP contribution in [0, 0.1) is 11.7 Å². The molecule has 1 saturated carbocycles. The van der Waals surface area contributed by atoms with Crippen LogP contribution in [0.15, 0.2) is 29.2 Å². The van der Waals surface area contributed by atoms with Gasteiger partial charge in [-0.05, 0) is 12.5 Å². The summed E-state index contributed by atoms with van der Waals surface area (Å²) in [4.78, 5) is 26.1. The van der Waals surface area contributed by atoms with Gasteiger partial charge in [0.2, 0.25) is 5.43 Å². The number of carboxylic acid groups (broad SMARTS) is 1. The summed E-state index contributed by atoms with van der Waals surface area (Å²) >= 11 is 0. The van der Waals surface area contributed by atoms with Gasteiger partial charge in [0, 0.05) is 31.6 Å². The second kappa shape index (κ2) is 6.28. The van der Waals surface area contributed by atoms with Crippen LogP contribution < -0.4 is 20.8 Å². The lowest BCUT2D eigenvalue weighted by atomic mass is 9.92. The van der Waals surface area contributed by atoms with Gasteiger partial charge in [-0.1, -0.05) is 12.2 Å². The molecule has 2 heterocycles. The number of hydrogen-bond acceptors (Lipinski definition) is 5. The standard InChI is InChI=1S/C21H21F2N3O4/c1-30-19-16-11(18(27)12(20(28)29)8-26(16)15-6-13(15)22)5-14(23)17(19)25-7-10-3-2-4-21(10,24)9-25/h2,4-5,8,10,13,15H,3,6-7,9,24H2,1H3,(H,28,29)/t10-,13+,15-,21-/m1/s1. The Balaban J connectivity index is 1.77. The van der Waals surface area contributed by atoms with Gasteiger partial charge in [0.25, 0.3) is 0 Å². The highest BCUT2D eigenvalue weighted by Crippen LogP contribution is 2.47. The Morgan fingerprint density at radius 2 is 2.17 bits per heavy atom. The minimum atomic E-state index is -1.45. The monoisotopic (exact) mass is 417 g/mol. The van der Waals surface area contributed by atoms with Crippen LogP contribution in [0.5, 0.6) is 5.75 Å². The molecule has 4 atom stereocenters. The summed E-state index contributed by atoms with van der Waals surface area (Å²) in [6, 6.07) is 0.404. The lowest BCUT2D eigenvalue weighted by Crippen LogP contribution is -2.43. The van der Waals surface area contributed by atoms with E-state index >= 15 is 4.39 Å². The van der Waals surface area contributed by atoms with Gasteiger partial charge in [-0.2, -0.15) is 0 Å². The summed E-state index contributed by atoms with van der Waals surface area (Å²) in [6.07, 6.45) is 4.91. The van der Waals surface area contributed by atoms with Crippen molar-refractivity contribution in [2.45, 2.75) is 30.6 Å². The number of aromatic nitrogens is 1. The van der Waals surface area contributed by atoms with Gasteiger partial charge in [0.1, 0.15) is 17.4 Å². The number of anilines is 1. The van der Waals surface area contributed by atoms with Crippen molar-refractivity contribution in [3.63, 3.8) is 0 Å². The lowest BCUT2D eigenvalue weighted by Gasteiger charge is -2.26. The number of fused-ring (bicyclic) bond motifs is 2. The molecule has 3 N–H and O–H groups in total. The number of aromatic carboxylic acids is 1. The summed E-state index contributed by atoms with van der Waals surface area (Å²) in [5.74, 6) is -1.93. The minimum Gasteiger partial charge on any atom is -0.492 e. The normalized spacial score (nSPS) is 29.5. The number of rotatable bonds is 4. The van der Waals surface area contributed by atoms with Crippen molar-refractivity contribution in [2.75, 3.05) is 25.1 Å². The Labute approximate surface area is 170 Å². The number of methoxy groups -OCH3 is 1. The topological polar surface area (TPSA) is 97.8 Å². The first-order valence-corrected chi connectivity index (χ1v) is 9.79. The number of pyridine rings is 1. The second-order valence-corrected chi connectivity index (χ2v) is 8.37. The lowest BCUT2D eigenvalue weighted by molar-refractivity contribution is 0.0694. The number of alkyl halides is 1. The molecule has 158 valence electrons. The van der Waals surface area contributed by atoms with E-state index in [1.165, 1.54) is 11.7 Å². The molecule has 30 heavy (non-hydrogen) atoms. The molecule has 2 fully saturated rings. The first kappa shape index (κ1) is 19.0. The smallest absolute Gasteiger partial charge is 0.341 e. The first-order valence-electron chi connectivity index (χ1n) is 9.79. The number of benzene rings is 1. The maximum atomic E-state index is 15.3. The molecule has 9 heteroatoms. The Kier molecular flexibility index (Phi) is 3.99. The molecule has 0 bridgehead atoms.